The molecule has 0 bridgehead atoms. The number of benzene rings is 3. The molecule has 1 heterocycles. The Hall–Kier alpha value is -6.23. The highest BCUT2D eigenvalue weighted by Crippen LogP contribution is 2.63. The molecule has 11 atom stereocenters. The number of aliphatic hydroxyl groups excluding tert-OH is 2. The van der Waals surface area contributed by atoms with Crippen LogP contribution in [0.2, 0.25) is 0 Å². The van der Waals surface area contributed by atoms with E-state index >= 15 is 4.79 Å². The van der Waals surface area contributed by atoms with Crippen LogP contribution in [0.3, 0.4) is 0 Å². The topological polar surface area (TPSA) is 227 Å². The number of esters is 5. The van der Waals surface area contributed by atoms with Crippen LogP contribution < -0.4 is 5.32 Å². The van der Waals surface area contributed by atoms with Crippen molar-refractivity contribution < 1.29 is 72.2 Å². The van der Waals surface area contributed by atoms with Crippen molar-refractivity contribution in [2.24, 2.45) is 11.3 Å². The van der Waals surface area contributed by atoms with E-state index in [1.165, 1.54) is 26.0 Å². The number of Topliss-reactive ketones (excluding diaryl/α,β-unsaturated/α-hetero) is 1. The third kappa shape index (κ3) is 7.56. The van der Waals surface area contributed by atoms with Gasteiger partial charge in [-0.15, -0.1) is 0 Å². The maximum atomic E-state index is 15.4. The van der Waals surface area contributed by atoms with Crippen molar-refractivity contribution in [2.75, 3.05) is 6.61 Å². The number of aliphatic hydroxyl groups is 2. The van der Waals surface area contributed by atoms with Gasteiger partial charge in [0.05, 0.1) is 35.6 Å². The fourth-order valence-corrected chi connectivity index (χ4v) is 9.73. The number of ether oxygens (including phenoxy) is 6. The average molecular weight is 854 g/mol. The van der Waals surface area contributed by atoms with Gasteiger partial charge in [0.25, 0.3) is 5.91 Å². The molecule has 2 saturated carbocycles. The molecule has 1 amide bonds. The van der Waals surface area contributed by atoms with E-state index in [2.05, 4.69) is 5.32 Å². The van der Waals surface area contributed by atoms with Crippen LogP contribution in [-0.4, -0.2) is 106 Å². The monoisotopic (exact) mass is 853 g/mol. The second-order valence-corrected chi connectivity index (χ2v) is 16.3. The first-order valence-electron chi connectivity index (χ1n) is 20.1. The van der Waals surface area contributed by atoms with Crippen LogP contribution in [-0.2, 0) is 52.4 Å². The predicted octanol–water partition coefficient (Wildman–Crippen LogP) is 3.28. The summed E-state index contributed by atoms with van der Waals surface area (Å²) >= 11 is 0. The van der Waals surface area contributed by atoms with Gasteiger partial charge in [-0.25, -0.2) is 9.59 Å². The van der Waals surface area contributed by atoms with Crippen molar-refractivity contribution in [3.63, 3.8) is 0 Å². The summed E-state index contributed by atoms with van der Waals surface area (Å²) in [7, 11) is 0. The molecule has 3 N–H and O–H groups in total. The molecule has 62 heavy (non-hydrogen) atoms. The number of fused-ring (bicyclic) bond motifs is 4. The van der Waals surface area contributed by atoms with Crippen molar-refractivity contribution in [3.8, 4) is 0 Å². The Balaban J connectivity index is 1.38. The standard InChI is InChI=1S/C46H47NO15/c1-24-31(59-43(56)36(52)35(28-15-9-6-10-16-28)47-41(54)29-17-11-7-12-18-29)22-45(61-26(3)49)34(24)37(58-25(2)48)39(53)44(5)32(51)21-33-46(23-57-33,62-27(4)50)38(44)40(45)60-42(55)30-19-13-8-14-20-30/h6-20,31-33,35-38,40,51-52H,21-23H2,1-5H3,(H,47,54)/t31-,32-,33+,35-,36+,37+,38?,40?,44+,45-,46-/m0/s1. The molecule has 16 nitrogen and oxygen atoms in total. The number of nitrogens with one attached hydrogen (secondary N) is 1. The van der Waals surface area contributed by atoms with E-state index in [-0.39, 0.29) is 35.3 Å². The second-order valence-electron chi connectivity index (χ2n) is 16.3. The van der Waals surface area contributed by atoms with E-state index < -0.39 is 113 Å². The van der Waals surface area contributed by atoms with Gasteiger partial charge < -0.3 is 44.0 Å². The lowest BCUT2D eigenvalue weighted by atomic mass is 9.52. The number of hydrogen-bond donors (Lipinski definition) is 3. The summed E-state index contributed by atoms with van der Waals surface area (Å²) in [6.45, 7) is 5.71. The van der Waals surface area contributed by atoms with Crippen LogP contribution in [0.5, 0.6) is 0 Å². The Bertz CT molecular complexity index is 2300. The smallest absolute Gasteiger partial charge is 0.338 e. The minimum absolute atomic E-state index is 0.0245. The molecule has 4 aliphatic rings. The molecule has 0 radical (unpaired) electrons. The van der Waals surface area contributed by atoms with Crippen molar-refractivity contribution in [3.05, 3.63) is 119 Å². The Morgan fingerprint density at radius 3 is 1.92 bits per heavy atom. The van der Waals surface area contributed by atoms with Gasteiger partial charge in [-0.1, -0.05) is 66.7 Å². The number of carbonyl (C=O) groups is 7. The van der Waals surface area contributed by atoms with E-state index in [0.717, 1.165) is 20.8 Å². The number of hydrogen-bond acceptors (Lipinski definition) is 15. The highest BCUT2D eigenvalue weighted by molar-refractivity contribution is 5.97. The SMILES string of the molecule is CC(=O)O[C@H]1C(=O)[C@@]2(C)C(C(OC(=O)c3ccccc3)[C@]3(OC(C)=O)C[C@H](OC(=O)[C@H](O)[C@@H](NC(=O)c4ccccc4)c4ccccc4)C(C)=C13)[C@]1(OC(C)=O)CO[C@@H]1C[C@@H]2O. The van der Waals surface area contributed by atoms with Crippen LogP contribution in [0.1, 0.15) is 79.8 Å². The molecule has 3 fully saturated rings. The summed E-state index contributed by atoms with van der Waals surface area (Å²) in [6, 6.07) is 22.7. The van der Waals surface area contributed by atoms with Gasteiger partial charge in [0, 0.05) is 44.7 Å². The number of carbonyl (C=O) groups excluding carboxylic acids is 7. The second kappa shape index (κ2) is 16.9. The normalized spacial score (nSPS) is 30.7. The van der Waals surface area contributed by atoms with Crippen LogP contribution in [0.4, 0.5) is 0 Å². The third-order valence-corrected chi connectivity index (χ3v) is 12.5. The summed E-state index contributed by atoms with van der Waals surface area (Å²) < 4.78 is 36.4. The van der Waals surface area contributed by atoms with Crippen molar-refractivity contribution in [2.45, 2.75) is 101 Å². The lowest BCUT2D eigenvalue weighted by molar-refractivity contribution is -0.335. The fourth-order valence-electron chi connectivity index (χ4n) is 9.73. The Labute approximate surface area is 356 Å². The van der Waals surface area contributed by atoms with E-state index in [9.17, 15) is 39.0 Å². The maximum absolute atomic E-state index is 15.4. The van der Waals surface area contributed by atoms with Gasteiger partial charge in [0.15, 0.2) is 35.3 Å². The van der Waals surface area contributed by atoms with Gasteiger partial charge >= 0.3 is 29.8 Å². The molecule has 3 aromatic rings. The Morgan fingerprint density at radius 2 is 1.37 bits per heavy atom. The summed E-state index contributed by atoms with van der Waals surface area (Å²) in [6.07, 6.45) is -10.7. The molecule has 1 saturated heterocycles. The van der Waals surface area contributed by atoms with Crippen molar-refractivity contribution in [1.29, 1.82) is 0 Å². The molecule has 7 rings (SSSR count). The molecule has 3 aliphatic carbocycles. The van der Waals surface area contributed by atoms with E-state index in [0.29, 0.717) is 5.56 Å². The van der Waals surface area contributed by atoms with Crippen molar-refractivity contribution in [1.82, 2.24) is 5.32 Å². The predicted molar refractivity (Wildman–Crippen MR) is 213 cm³/mol. The minimum Gasteiger partial charge on any atom is -0.456 e. The average Bonchev–Trinajstić information content (AvgIpc) is 3.48. The quantitative estimate of drug-likeness (QED) is 0.143. The van der Waals surface area contributed by atoms with Crippen LogP contribution in [0.25, 0.3) is 0 Å². The van der Waals surface area contributed by atoms with Gasteiger partial charge in [0.2, 0.25) is 0 Å². The maximum Gasteiger partial charge on any atom is 0.338 e. The molecule has 0 aromatic heterocycles. The first kappa shape index (κ1) is 43.8. The summed E-state index contributed by atoms with van der Waals surface area (Å²) in [5.41, 5.74) is -5.73. The molecule has 16 heteroatoms. The Kier molecular flexibility index (Phi) is 12.0. The largest absolute Gasteiger partial charge is 0.456 e. The van der Waals surface area contributed by atoms with Gasteiger partial charge in [-0.3, -0.25) is 24.0 Å². The highest BCUT2D eigenvalue weighted by atomic mass is 16.6. The molecular formula is C46H47NO15. The van der Waals surface area contributed by atoms with E-state index in [1.54, 1.807) is 78.9 Å². The summed E-state index contributed by atoms with van der Waals surface area (Å²) in [5, 5.41) is 26.4. The van der Waals surface area contributed by atoms with Gasteiger partial charge in [-0.05, 0) is 49.2 Å². The molecular weight excluding hydrogens is 806 g/mol. The zero-order chi connectivity index (χ0) is 44.7. The lowest BCUT2D eigenvalue weighted by Crippen LogP contribution is -2.78. The lowest BCUT2D eigenvalue weighted by Gasteiger charge is -2.63. The van der Waals surface area contributed by atoms with E-state index in [1.807, 2.05) is 0 Å². The minimum atomic E-state index is -2.33. The molecule has 326 valence electrons. The van der Waals surface area contributed by atoms with Crippen LogP contribution in [0.15, 0.2) is 102 Å². The number of rotatable bonds is 11. The van der Waals surface area contributed by atoms with Crippen LogP contribution in [0, 0.1) is 11.3 Å². The highest BCUT2D eigenvalue weighted by Gasteiger charge is 2.79. The zero-order valence-corrected chi connectivity index (χ0v) is 34.6. The van der Waals surface area contributed by atoms with Gasteiger partial charge in [-0.2, -0.15) is 0 Å². The molecule has 2 unspecified atom stereocenters. The molecule has 3 aromatic carbocycles. The molecule has 0 spiro atoms. The van der Waals surface area contributed by atoms with Crippen molar-refractivity contribution >= 4 is 41.5 Å². The summed E-state index contributed by atoms with van der Waals surface area (Å²) in [4.78, 5) is 96.7. The first-order chi connectivity index (χ1) is 29.4. The molecule has 1 aliphatic heterocycles. The third-order valence-electron chi connectivity index (χ3n) is 12.5. The zero-order valence-electron chi connectivity index (χ0n) is 34.6. The summed E-state index contributed by atoms with van der Waals surface area (Å²) in [5.74, 6) is -8.01. The van der Waals surface area contributed by atoms with E-state index in [4.69, 9.17) is 28.4 Å². The number of ketones is 1. The first-order valence-corrected chi connectivity index (χ1v) is 20.1. The Morgan fingerprint density at radius 1 is 0.790 bits per heavy atom. The number of amides is 1. The van der Waals surface area contributed by atoms with Crippen LogP contribution >= 0.6 is 0 Å². The fraction of sp³-hybridized carbons (Fsp3) is 0.413. The van der Waals surface area contributed by atoms with Gasteiger partial charge in [0.1, 0.15) is 12.2 Å².